The Labute approximate surface area is 128 Å². The van der Waals surface area contributed by atoms with Gasteiger partial charge in [-0.25, -0.2) is 9.78 Å². The van der Waals surface area contributed by atoms with Crippen molar-refractivity contribution in [2.75, 3.05) is 19.6 Å². The van der Waals surface area contributed by atoms with Crippen LogP contribution in [0.4, 0.5) is 4.79 Å². The van der Waals surface area contributed by atoms with Gasteiger partial charge in [0.1, 0.15) is 5.65 Å². The molecule has 3 heterocycles. The molecule has 1 fully saturated rings. The summed E-state index contributed by atoms with van der Waals surface area (Å²) in [5.74, 6) is 0.125. The zero-order chi connectivity index (χ0) is 15.5. The lowest BCUT2D eigenvalue weighted by atomic mass is 9.89. The molecule has 6 heteroatoms. The van der Waals surface area contributed by atoms with Crippen LogP contribution in [-0.4, -0.2) is 46.3 Å². The minimum Gasteiger partial charge on any atom is -0.345 e. The van der Waals surface area contributed by atoms with E-state index in [1.54, 1.807) is 17.3 Å². The fourth-order valence-electron chi connectivity index (χ4n) is 2.99. The van der Waals surface area contributed by atoms with Gasteiger partial charge in [-0.1, -0.05) is 0 Å². The number of likely N-dealkylation sites (tertiary alicyclic amines) is 1. The normalized spacial score (nSPS) is 16.0. The maximum absolute atomic E-state index is 12.7. The van der Waals surface area contributed by atoms with Crippen molar-refractivity contribution in [3.05, 3.63) is 30.1 Å². The summed E-state index contributed by atoms with van der Waals surface area (Å²) in [6, 6.07) is 3.71. The molecule has 1 saturated heterocycles. The largest absolute Gasteiger partial charge is 0.345 e. The minimum atomic E-state index is -0.0373. The number of carbonyl (C=O) groups is 2. The summed E-state index contributed by atoms with van der Waals surface area (Å²) in [6.07, 6.45) is 4.87. The van der Waals surface area contributed by atoms with Gasteiger partial charge in [0, 0.05) is 48.9 Å². The summed E-state index contributed by atoms with van der Waals surface area (Å²) < 4.78 is 0. The van der Waals surface area contributed by atoms with E-state index in [0.717, 1.165) is 11.0 Å². The molecule has 1 aliphatic rings. The molecule has 2 amide bonds. The lowest BCUT2D eigenvalue weighted by Gasteiger charge is -2.31. The molecule has 0 bridgehead atoms. The highest BCUT2D eigenvalue weighted by Gasteiger charge is 2.29. The molecular formula is C16H20N4O2. The average Bonchev–Trinajstić information content (AvgIpc) is 2.98. The van der Waals surface area contributed by atoms with E-state index >= 15 is 0 Å². The van der Waals surface area contributed by atoms with Crippen molar-refractivity contribution in [3.63, 3.8) is 0 Å². The molecule has 2 aromatic heterocycles. The second kappa shape index (κ2) is 6.17. The van der Waals surface area contributed by atoms with Crippen LogP contribution in [-0.2, 0) is 0 Å². The molecule has 1 aliphatic heterocycles. The van der Waals surface area contributed by atoms with Crippen LogP contribution < -0.4 is 5.32 Å². The van der Waals surface area contributed by atoms with Crippen LogP contribution >= 0.6 is 0 Å². The highest BCUT2D eigenvalue weighted by molar-refractivity contribution is 6.08. The van der Waals surface area contributed by atoms with Crippen LogP contribution in [0, 0.1) is 5.92 Å². The number of rotatable bonds is 3. The summed E-state index contributed by atoms with van der Waals surface area (Å²) in [4.78, 5) is 33.5. The fourth-order valence-corrected chi connectivity index (χ4v) is 2.99. The minimum absolute atomic E-state index is 0.0233. The first-order chi connectivity index (χ1) is 10.7. The van der Waals surface area contributed by atoms with Crippen LogP contribution in [0.2, 0.25) is 0 Å². The lowest BCUT2D eigenvalue weighted by molar-refractivity contribution is 0.0856. The van der Waals surface area contributed by atoms with Crippen molar-refractivity contribution in [2.24, 2.45) is 5.92 Å². The van der Waals surface area contributed by atoms with Gasteiger partial charge in [-0.3, -0.25) is 4.79 Å². The number of ketones is 1. The monoisotopic (exact) mass is 300 g/mol. The SMILES string of the molecule is CCNC(=O)N1CCC(C(=O)c2c[nH]c3ncccc23)CC1. The van der Waals surface area contributed by atoms with E-state index in [1.165, 1.54) is 0 Å². The molecule has 0 aromatic carbocycles. The number of amides is 2. The van der Waals surface area contributed by atoms with E-state index < -0.39 is 0 Å². The van der Waals surface area contributed by atoms with Gasteiger partial charge < -0.3 is 15.2 Å². The molecule has 0 radical (unpaired) electrons. The quantitative estimate of drug-likeness (QED) is 0.853. The third kappa shape index (κ3) is 2.68. The van der Waals surface area contributed by atoms with Gasteiger partial charge >= 0.3 is 6.03 Å². The van der Waals surface area contributed by atoms with E-state index in [9.17, 15) is 9.59 Å². The third-order valence-electron chi connectivity index (χ3n) is 4.20. The Kier molecular flexibility index (Phi) is 4.09. The molecule has 2 N–H and O–H groups in total. The average molecular weight is 300 g/mol. The Balaban J connectivity index is 1.69. The van der Waals surface area contributed by atoms with Gasteiger partial charge in [-0.2, -0.15) is 0 Å². The molecule has 116 valence electrons. The molecule has 2 aromatic rings. The van der Waals surface area contributed by atoms with E-state index in [0.29, 0.717) is 38.0 Å². The van der Waals surface area contributed by atoms with Crippen molar-refractivity contribution < 1.29 is 9.59 Å². The van der Waals surface area contributed by atoms with Gasteiger partial charge in [-0.05, 0) is 31.9 Å². The van der Waals surface area contributed by atoms with E-state index in [2.05, 4.69) is 15.3 Å². The summed E-state index contributed by atoms with van der Waals surface area (Å²) in [7, 11) is 0. The highest BCUT2D eigenvalue weighted by Crippen LogP contribution is 2.25. The molecule has 3 rings (SSSR count). The van der Waals surface area contributed by atoms with Gasteiger partial charge in [0.25, 0.3) is 0 Å². The number of hydrogen-bond donors (Lipinski definition) is 2. The first-order valence-corrected chi connectivity index (χ1v) is 7.69. The van der Waals surface area contributed by atoms with Crippen molar-refractivity contribution in [1.29, 1.82) is 0 Å². The molecular weight excluding hydrogens is 280 g/mol. The fraction of sp³-hybridized carbons (Fsp3) is 0.438. The first kappa shape index (κ1) is 14.6. The smallest absolute Gasteiger partial charge is 0.317 e. The van der Waals surface area contributed by atoms with E-state index in [-0.39, 0.29) is 17.7 Å². The Bertz CT molecular complexity index is 686. The van der Waals surface area contributed by atoms with Crippen molar-refractivity contribution in [1.82, 2.24) is 20.2 Å². The number of fused-ring (bicyclic) bond motifs is 1. The Morgan fingerprint density at radius 3 is 2.91 bits per heavy atom. The van der Waals surface area contributed by atoms with E-state index in [4.69, 9.17) is 0 Å². The second-order valence-corrected chi connectivity index (χ2v) is 5.56. The van der Waals surface area contributed by atoms with Crippen molar-refractivity contribution >= 4 is 22.8 Å². The summed E-state index contributed by atoms with van der Waals surface area (Å²) in [5, 5.41) is 3.67. The van der Waals surface area contributed by atoms with Crippen LogP contribution in [0.5, 0.6) is 0 Å². The standard InChI is InChI=1S/C16H20N4O2/c1-2-17-16(22)20-8-5-11(6-9-20)14(21)13-10-19-15-12(13)4-3-7-18-15/h3-4,7,10-11H,2,5-6,8-9H2,1H3,(H,17,22)(H,18,19). The second-order valence-electron chi connectivity index (χ2n) is 5.56. The zero-order valence-electron chi connectivity index (χ0n) is 12.6. The predicted octanol–water partition coefficient (Wildman–Crippen LogP) is 2.19. The number of H-pyrrole nitrogens is 1. The maximum atomic E-state index is 12.7. The molecule has 0 saturated carbocycles. The summed E-state index contributed by atoms with van der Waals surface area (Å²) in [5.41, 5.74) is 1.45. The Morgan fingerprint density at radius 2 is 2.18 bits per heavy atom. The number of nitrogens with zero attached hydrogens (tertiary/aromatic N) is 2. The van der Waals surface area contributed by atoms with Gasteiger partial charge in [0.2, 0.25) is 0 Å². The molecule has 6 nitrogen and oxygen atoms in total. The summed E-state index contributed by atoms with van der Waals surface area (Å²) >= 11 is 0. The molecule has 0 aliphatic carbocycles. The topological polar surface area (TPSA) is 78.1 Å². The van der Waals surface area contributed by atoms with Crippen molar-refractivity contribution in [2.45, 2.75) is 19.8 Å². The number of aromatic nitrogens is 2. The molecule has 0 spiro atoms. The number of nitrogens with one attached hydrogen (secondary N) is 2. The number of pyridine rings is 1. The molecule has 22 heavy (non-hydrogen) atoms. The number of urea groups is 1. The number of Topliss-reactive ketones (excluding diaryl/α,β-unsaturated/α-hetero) is 1. The van der Waals surface area contributed by atoms with Crippen LogP contribution in [0.15, 0.2) is 24.5 Å². The Morgan fingerprint density at radius 1 is 1.41 bits per heavy atom. The van der Waals surface area contributed by atoms with E-state index in [1.807, 2.05) is 19.1 Å². The highest BCUT2D eigenvalue weighted by atomic mass is 16.2. The van der Waals surface area contributed by atoms with Gasteiger partial charge in [0.05, 0.1) is 0 Å². The first-order valence-electron chi connectivity index (χ1n) is 7.69. The predicted molar refractivity (Wildman–Crippen MR) is 83.8 cm³/mol. The van der Waals surface area contributed by atoms with Crippen LogP contribution in [0.3, 0.4) is 0 Å². The third-order valence-corrected chi connectivity index (χ3v) is 4.20. The lowest BCUT2D eigenvalue weighted by Crippen LogP contribution is -2.45. The van der Waals surface area contributed by atoms with Gasteiger partial charge in [0.15, 0.2) is 5.78 Å². The maximum Gasteiger partial charge on any atom is 0.317 e. The summed E-state index contributed by atoms with van der Waals surface area (Å²) in [6.45, 7) is 3.78. The number of carbonyl (C=O) groups excluding carboxylic acids is 2. The Hall–Kier alpha value is -2.37. The zero-order valence-corrected chi connectivity index (χ0v) is 12.6. The number of piperidine rings is 1. The molecule has 0 atom stereocenters. The number of hydrogen-bond acceptors (Lipinski definition) is 3. The van der Waals surface area contributed by atoms with Gasteiger partial charge in [-0.15, -0.1) is 0 Å². The van der Waals surface area contributed by atoms with Crippen LogP contribution in [0.25, 0.3) is 11.0 Å². The van der Waals surface area contributed by atoms with Crippen LogP contribution in [0.1, 0.15) is 30.1 Å². The molecule has 0 unspecified atom stereocenters. The number of aromatic amines is 1. The van der Waals surface area contributed by atoms with Crippen molar-refractivity contribution in [3.8, 4) is 0 Å².